The van der Waals surface area contributed by atoms with Gasteiger partial charge in [0.2, 0.25) is 0 Å². The third-order valence-corrected chi connectivity index (χ3v) is 6.63. The van der Waals surface area contributed by atoms with Crippen molar-refractivity contribution in [3.05, 3.63) is 60.1 Å². The molecular formula is C25H28N6O2S. The lowest BCUT2D eigenvalue weighted by molar-refractivity contribution is 0.167. The number of nitrogens with zero attached hydrogens (tertiary/aromatic N) is 5. The van der Waals surface area contributed by atoms with Crippen LogP contribution in [0.3, 0.4) is 0 Å². The second-order valence-electron chi connectivity index (χ2n) is 8.06. The molecular weight excluding hydrogens is 448 g/mol. The average molecular weight is 477 g/mol. The number of hydrogen-bond donors (Lipinski definition) is 2. The van der Waals surface area contributed by atoms with Crippen molar-refractivity contribution in [3.63, 3.8) is 0 Å². The highest BCUT2D eigenvalue weighted by Gasteiger charge is 2.24. The molecule has 176 valence electrons. The average Bonchev–Trinajstić information content (AvgIpc) is 3.25. The molecule has 0 aliphatic heterocycles. The fourth-order valence-electron chi connectivity index (χ4n) is 3.93. The predicted octanol–water partition coefficient (Wildman–Crippen LogP) is 4.76. The molecule has 8 nitrogen and oxygen atoms in total. The summed E-state index contributed by atoms with van der Waals surface area (Å²) in [5.41, 5.74) is 11.6. The summed E-state index contributed by atoms with van der Waals surface area (Å²) in [6.45, 7) is 4.96. The maximum absolute atomic E-state index is 10.8. The molecule has 4 rings (SSSR count). The SMILES string of the molecule is CN=C(C=CN)c1cc(-c2cnc3cccnc3c2)nc2sc(N(O)CCOC)c(C(C)C)c12. The maximum atomic E-state index is 10.8. The van der Waals surface area contributed by atoms with Crippen LogP contribution in [-0.2, 0) is 4.74 Å². The van der Waals surface area contributed by atoms with Crippen LogP contribution >= 0.6 is 11.3 Å². The highest BCUT2D eigenvalue weighted by molar-refractivity contribution is 7.22. The molecule has 0 saturated carbocycles. The quantitative estimate of drug-likeness (QED) is 0.279. The molecule has 0 aliphatic rings. The van der Waals surface area contributed by atoms with Crippen LogP contribution in [0.1, 0.15) is 30.9 Å². The number of nitrogens with two attached hydrogens (primary N) is 1. The Kier molecular flexibility index (Phi) is 7.16. The molecule has 4 aromatic heterocycles. The van der Waals surface area contributed by atoms with Crippen molar-refractivity contribution in [1.82, 2.24) is 15.0 Å². The Balaban J connectivity index is 2.00. The summed E-state index contributed by atoms with van der Waals surface area (Å²) >= 11 is 1.45. The zero-order valence-corrected chi connectivity index (χ0v) is 20.5. The van der Waals surface area contributed by atoms with Crippen molar-refractivity contribution in [2.24, 2.45) is 10.7 Å². The number of methoxy groups -OCH3 is 1. The monoisotopic (exact) mass is 476 g/mol. The molecule has 0 spiro atoms. The fourth-order valence-corrected chi connectivity index (χ4v) is 5.23. The Morgan fingerprint density at radius 1 is 1.29 bits per heavy atom. The van der Waals surface area contributed by atoms with E-state index in [2.05, 4.69) is 28.8 Å². The first-order valence-corrected chi connectivity index (χ1v) is 11.8. The molecule has 0 amide bonds. The number of rotatable bonds is 8. The third-order valence-electron chi connectivity index (χ3n) is 5.52. The van der Waals surface area contributed by atoms with Crippen LogP contribution in [0.15, 0.2) is 53.9 Å². The zero-order valence-electron chi connectivity index (χ0n) is 19.7. The van der Waals surface area contributed by atoms with E-state index in [-0.39, 0.29) is 5.92 Å². The minimum Gasteiger partial charge on any atom is -0.405 e. The molecule has 0 bridgehead atoms. The normalized spacial score (nSPS) is 12.5. The lowest BCUT2D eigenvalue weighted by atomic mass is 9.95. The van der Waals surface area contributed by atoms with Crippen molar-refractivity contribution in [2.45, 2.75) is 19.8 Å². The van der Waals surface area contributed by atoms with Crippen molar-refractivity contribution in [3.8, 4) is 11.3 Å². The summed E-state index contributed by atoms with van der Waals surface area (Å²) in [5, 5.41) is 13.8. The number of pyridine rings is 3. The topological polar surface area (TPSA) is 110 Å². The van der Waals surface area contributed by atoms with Crippen LogP contribution < -0.4 is 10.8 Å². The molecule has 0 aliphatic carbocycles. The van der Waals surface area contributed by atoms with E-state index in [1.807, 2.05) is 24.3 Å². The van der Waals surface area contributed by atoms with Crippen molar-refractivity contribution < 1.29 is 9.94 Å². The van der Waals surface area contributed by atoms with Gasteiger partial charge in [0.15, 0.2) is 0 Å². The van der Waals surface area contributed by atoms with Gasteiger partial charge in [-0.15, -0.1) is 0 Å². The van der Waals surface area contributed by atoms with Gasteiger partial charge in [0.1, 0.15) is 9.83 Å². The van der Waals surface area contributed by atoms with Crippen LogP contribution in [0, 0.1) is 0 Å². The number of aliphatic imine (C=N–C) groups is 1. The first-order chi connectivity index (χ1) is 16.5. The van der Waals surface area contributed by atoms with Crippen molar-refractivity contribution in [1.29, 1.82) is 0 Å². The Bertz CT molecular complexity index is 1380. The van der Waals surface area contributed by atoms with Gasteiger partial charge in [-0.2, -0.15) is 0 Å². The second-order valence-corrected chi connectivity index (χ2v) is 9.04. The number of thiophene rings is 1. The number of allylic oxidation sites excluding steroid dienone is 1. The Morgan fingerprint density at radius 3 is 2.82 bits per heavy atom. The van der Waals surface area contributed by atoms with Gasteiger partial charge in [0, 0.05) is 48.6 Å². The summed E-state index contributed by atoms with van der Waals surface area (Å²) in [6, 6.07) is 7.79. The van der Waals surface area contributed by atoms with Gasteiger partial charge in [-0.1, -0.05) is 25.2 Å². The molecule has 0 aromatic carbocycles. The van der Waals surface area contributed by atoms with E-state index in [1.54, 1.807) is 32.6 Å². The minimum atomic E-state index is 0.138. The van der Waals surface area contributed by atoms with Crippen LogP contribution in [0.5, 0.6) is 0 Å². The molecule has 9 heteroatoms. The maximum Gasteiger partial charge on any atom is 0.127 e. The molecule has 0 saturated heterocycles. The second kappa shape index (κ2) is 10.3. The molecule has 0 radical (unpaired) electrons. The highest BCUT2D eigenvalue weighted by Crippen LogP contribution is 2.44. The summed E-state index contributed by atoms with van der Waals surface area (Å²) in [4.78, 5) is 19.3. The van der Waals surface area contributed by atoms with Crippen molar-refractivity contribution in [2.75, 3.05) is 32.4 Å². The van der Waals surface area contributed by atoms with E-state index in [0.29, 0.717) is 13.2 Å². The highest BCUT2D eigenvalue weighted by atomic mass is 32.1. The third kappa shape index (κ3) is 4.50. The summed E-state index contributed by atoms with van der Waals surface area (Å²) in [7, 11) is 3.35. The lowest BCUT2D eigenvalue weighted by Crippen LogP contribution is -2.23. The molecule has 4 heterocycles. The van der Waals surface area contributed by atoms with Crippen LogP contribution in [0.4, 0.5) is 5.00 Å². The van der Waals surface area contributed by atoms with Gasteiger partial charge in [0.25, 0.3) is 0 Å². The van der Waals surface area contributed by atoms with E-state index >= 15 is 0 Å². The van der Waals surface area contributed by atoms with E-state index in [9.17, 15) is 5.21 Å². The fraction of sp³-hybridized carbons (Fsp3) is 0.280. The minimum absolute atomic E-state index is 0.138. The number of aromatic nitrogens is 3. The van der Waals surface area contributed by atoms with E-state index < -0.39 is 0 Å². The van der Waals surface area contributed by atoms with Gasteiger partial charge in [-0.3, -0.25) is 20.2 Å². The van der Waals surface area contributed by atoms with Crippen LogP contribution in [0.25, 0.3) is 32.5 Å². The van der Waals surface area contributed by atoms with Gasteiger partial charge < -0.3 is 10.5 Å². The standard InChI is InChI=1S/C25H28N6O2S/c1-15(2)22-23-17(18(27-3)7-8-26)13-20(16-12-21-19(29-14-16)6-5-9-28-21)30-24(23)34-25(22)31(32)10-11-33-4/h5-9,12-15,32H,10-11,26H2,1-4H3. The lowest BCUT2D eigenvalue weighted by Gasteiger charge is -2.18. The first-order valence-electron chi connectivity index (χ1n) is 11.0. The first kappa shape index (κ1) is 23.7. The van der Waals surface area contributed by atoms with E-state index in [1.165, 1.54) is 22.6 Å². The molecule has 0 fully saturated rings. The van der Waals surface area contributed by atoms with Gasteiger partial charge in [-0.05, 0) is 42.5 Å². The summed E-state index contributed by atoms with van der Waals surface area (Å²) in [6.07, 6.45) is 6.81. The number of ether oxygens (including phenoxy) is 1. The van der Waals surface area contributed by atoms with Crippen molar-refractivity contribution >= 4 is 43.3 Å². The molecule has 0 unspecified atom stereocenters. The Labute approximate surface area is 202 Å². The summed E-state index contributed by atoms with van der Waals surface area (Å²) in [5.74, 6) is 0.138. The molecule has 0 atom stereocenters. The van der Waals surface area contributed by atoms with Gasteiger partial charge in [0.05, 0.1) is 35.6 Å². The van der Waals surface area contributed by atoms with Crippen LogP contribution in [-0.4, -0.2) is 53.2 Å². The van der Waals surface area contributed by atoms with Crippen LogP contribution in [0.2, 0.25) is 0 Å². The largest absolute Gasteiger partial charge is 0.405 e. The van der Waals surface area contributed by atoms with E-state index in [4.69, 9.17) is 15.5 Å². The molecule has 4 aromatic rings. The predicted molar refractivity (Wildman–Crippen MR) is 139 cm³/mol. The smallest absolute Gasteiger partial charge is 0.127 e. The number of hydrogen-bond acceptors (Lipinski definition) is 9. The van der Waals surface area contributed by atoms with E-state index in [0.717, 1.165) is 54.3 Å². The molecule has 3 N–H and O–H groups in total. The molecule has 34 heavy (non-hydrogen) atoms. The number of anilines is 1. The number of fused-ring (bicyclic) bond motifs is 2. The number of hydroxylamine groups is 1. The van der Waals surface area contributed by atoms with Gasteiger partial charge >= 0.3 is 0 Å². The zero-order chi connectivity index (χ0) is 24.2. The van der Waals surface area contributed by atoms with Gasteiger partial charge in [-0.25, -0.2) is 10.0 Å². The Hall–Kier alpha value is -3.40. The summed E-state index contributed by atoms with van der Waals surface area (Å²) < 4.78 is 5.16. The Morgan fingerprint density at radius 2 is 2.12 bits per heavy atom.